The largest absolute Gasteiger partial charge is 0.373 e. The van der Waals surface area contributed by atoms with Crippen LogP contribution in [0.2, 0.25) is 0 Å². The van der Waals surface area contributed by atoms with E-state index in [0.717, 1.165) is 6.61 Å². The SMILES string of the molecule is C/C=C1/CO[C@H]2CCC=C[C@@H]12. The molecule has 0 radical (unpaired) electrons. The molecular formula is C10H14O. The molecule has 2 aliphatic rings. The Morgan fingerprint density at radius 3 is 3.36 bits per heavy atom. The fourth-order valence-corrected chi connectivity index (χ4v) is 1.93. The fraction of sp³-hybridized carbons (Fsp3) is 0.600. The molecule has 1 heteroatoms. The molecule has 1 nitrogen and oxygen atoms in total. The molecular weight excluding hydrogens is 136 g/mol. The van der Waals surface area contributed by atoms with Gasteiger partial charge in [-0.25, -0.2) is 0 Å². The highest BCUT2D eigenvalue weighted by Gasteiger charge is 2.30. The van der Waals surface area contributed by atoms with Gasteiger partial charge in [-0.1, -0.05) is 18.2 Å². The third-order valence-electron chi connectivity index (χ3n) is 2.62. The summed E-state index contributed by atoms with van der Waals surface area (Å²) in [5, 5.41) is 0. The second-order valence-corrected chi connectivity index (χ2v) is 3.24. The maximum Gasteiger partial charge on any atom is 0.0687 e. The summed E-state index contributed by atoms with van der Waals surface area (Å²) in [6.07, 6.45) is 9.67. The van der Waals surface area contributed by atoms with Gasteiger partial charge in [0.05, 0.1) is 12.7 Å². The van der Waals surface area contributed by atoms with Gasteiger partial charge >= 0.3 is 0 Å². The summed E-state index contributed by atoms with van der Waals surface area (Å²) in [6.45, 7) is 2.96. The fourth-order valence-electron chi connectivity index (χ4n) is 1.93. The Bertz CT molecular complexity index is 203. The van der Waals surface area contributed by atoms with Crippen molar-refractivity contribution in [3.05, 3.63) is 23.8 Å². The van der Waals surface area contributed by atoms with Crippen LogP contribution in [-0.4, -0.2) is 12.7 Å². The van der Waals surface area contributed by atoms with Crippen LogP contribution in [0.1, 0.15) is 19.8 Å². The highest BCUT2D eigenvalue weighted by Crippen LogP contribution is 2.33. The van der Waals surface area contributed by atoms with Gasteiger partial charge in [-0.15, -0.1) is 0 Å². The summed E-state index contributed by atoms with van der Waals surface area (Å²) < 4.78 is 5.64. The lowest BCUT2D eigenvalue weighted by Gasteiger charge is -2.18. The second-order valence-electron chi connectivity index (χ2n) is 3.24. The predicted octanol–water partition coefficient (Wildman–Crippen LogP) is 2.30. The lowest BCUT2D eigenvalue weighted by atomic mass is 9.89. The Kier molecular flexibility index (Phi) is 1.82. The van der Waals surface area contributed by atoms with E-state index in [1.807, 2.05) is 0 Å². The van der Waals surface area contributed by atoms with E-state index < -0.39 is 0 Å². The summed E-state index contributed by atoms with van der Waals surface area (Å²) in [5.41, 5.74) is 1.46. The Morgan fingerprint density at radius 1 is 1.64 bits per heavy atom. The van der Waals surface area contributed by atoms with Gasteiger partial charge in [0.25, 0.3) is 0 Å². The van der Waals surface area contributed by atoms with Gasteiger partial charge in [0.1, 0.15) is 0 Å². The average molecular weight is 150 g/mol. The molecule has 0 amide bonds. The van der Waals surface area contributed by atoms with Gasteiger partial charge in [-0.3, -0.25) is 0 Å². The zero-order chi connectivity index (χ0) is 7.68. The molecule has 1 fully saturated rings. The van der Waals surface area contributed by atoms with Gasteiger partial charge in [-0.2, -0.15) is 0 Å². The van der Waals surface area contributed by atoms with Crippen LogP contribution in [0.25, 0.3) is 0 Å². The molecule has 0 aromatic rings. The highest BCUT2D eigenvalue weighted by molar-refractivity contribution is 5.21. The van der Waals surface area contributed by atoms with E-state index in [1.165, 1.54) is 18.4 Å². The van der Waals surface area contributed by atoms with Crippen LogP contribution in [0, 0.1) is 5.92 Å². The first-order chi connectivity index (χ1) is 5.42. The summed E-state index contributed by atoms with van der Waals surface area (Å²) in [5.74, 6) is 0.605. The van der Waals surface area contributed by atoms with Crippen molar-refractivity contribution in [2.24, 2.45) is 5.92 Å². The molecule has 2 atom stereocenters. The minimum Gasteiger partial charge on any atom is -0.373 e. The first-order valence-corrected chi connectivity index (χ1v) is 4.35. The maximum atomic E-state index is 5.64. The van der Waals surface area contributed by atoms with Crippen molar-refractivity contribution in [1.29, 1.82) is 0 Å². The van der Waals surface area contributed by atoms with Gasteiger partial charge in [0.15, 0.2) is 0 Å². The van der Waals surface area contributed by atoms with Crippen LogP contribution < -0.4 is 0 Å². The molecule has 1 saturated heterocycles. The van der Waals surface area contributed by atoms with Crippen molar-refractivity contribution in [3.8, 4) is 0 Å². The van der Waals surface area contributed by atoms with Crippen molar-refractivity contribution < 1.29 is 4.74 Å². The molecule has 1 aliphatic heterocycles. The van der Waals surface area contributed by atoms with Crippen LogP contribution in [0.15, 0.2) is 23.8 Å². The van der Waals surface area contributed by atoms with E-state index in [4.69, 9.17) is 4.74 Å². The Balaban J connectivity index is 2.21. The Hall–Kier alpha value is -0.560. The third-order valence-corrected chi connectivity index (χ3v) is 2.62. The van der Waals surface area contributed by atoms with Crippen molar-refractivity contribution >= 4 is 0 Å². The van der Waals surface area contributed by atoms with Gasteiger partial charge in [0, 0.05) is 5.92 Å². The van der Waals surface area contributed by atoms with Crippen molar-refractivity contribution in [3.63, 3.8) is 0 Å². The lowest BCUT2D eigenvalue weighted by molar-refractivity contribution is 0.0906. The molecule has 1 aliphatic carbocycles. The monoisotopic (exact) mass is 150 g/mol. The zero-order valence-electron chi connectivity index (χ0n) is 6.92. The summed E-state index contributed by atoms with van der Waals surface area (Å²) in [4.78, 5) is 0. The van der Waals surface area contributed by atoms with E-state index >= 15 is 0 Å². The van der Waals surface area contributed by atoms with Crippen molar-refractivity contribution in [2.75, 3.05) is 6.61 Å². The molecule has 0 aromatic carbocycles. The molecule has 60 valence electrons. The van der Waals surface area contributed by atoms with Crippen LogP contribution in [-0.2, 0) is 4.74 Å². The number of rotatable bonds is 0. The van der Waals surface area contributed by atoms with E-state index in [9.17, 15) is 0 Å². The quantitative estimate of drug-likeness (QED) is 0.481. The van der Waals surface area contributed by atoms with E-state index in [1.54, 1.807) is 0 Å². The van der Waals surface area contributed by atoms with Gasteiger partial charge in [-0.05, 0) is 25.3 Å². The predicted molar refractivity (Wildman–Crippen MR) is 45.4 cm³/mol. The summed E-state index contributed by atoms with van der Waals surface area (Å²) in [7, 11) is 0. The molecule has 0 unspecified atom stereocenters. The molecule has 0 spiro atoms. The highest BCUT2D eigenvalue weighted by atomic mass is 16.5. The van der Waals surface area contributed by atoms with E-state index in [2.05, 4.69) is 25.2 Å². The van der Waals surface area contributed by atoms with Crippen LogP contribution in [0.4, 0.5) is 0 Å². The van der Waals surface area contributed by atoms with Crippen molar-refractivity contribution in [2.45, 2.75) is 25.9 Å². The maximum absolute atomic E-state index is 5.64. The molecule has 0 N–H and O–H groups in total. The number of hydrogen-bond acceptors (Lipinski definition) is 1. The van der Waals surface area contributed by atoms with Crippen LogP contribution in [0.3, 0.4) is 0 Å². The van der Waals surface area contributed by atoms with Crippen molar-refractivity contribution in [1.82, 2.24) is 0 Å². The van der Waals surface area contributed by atoms with Crippen LogP contribution >= 0.6 is 0 Å². The minimum atomic E-state index is 0.492. The molecule has 11 heavy (non-hydrogen) atoms. The molecule has 2 rings (SSSR count). The first kappa shape index (κ1) is 7.11. The van der Waals surface area contributed by atoms with E-state index in [0.29, 0.717) is 12.0 Å². The average Bonchev–Trinajstić information content (AvgIpc) is 2.47. The standard InChI is InChI=1S/C10H14O/c1-2-8-7-11-10-6-4-3-5-9(8)10/h2-3,5,9-10H,4,6-7H2,1H3/b8-2-/t9-,10-/m0/s1. The smallest absolute Gasteiger partial charge is 0.0687 e. The van der Waals surface area contributed by atoms with Crippen LogP contribution in [0.5, 0.6) is 0 Å². The molecule has 1 heterocycles. The molecule has 0 saturated carbocycles. The molecule has 0 aromatic heterocycles. The minimum absolute atomic E-state index is 0.492. The topological polar surface area (TPSA) is 9.23 Å². The second kappa shape index (κ2) is 2.82. The number of hydrogen-bond donors (Lipinski definition) is 0. The lowest BCUT2D eigenvalue weighted by Crippen LogP contribution is -2.17. The normalized spacial score (nSPS) is 39.5. The van der Waals surface area contributed by atoms with Gasteiger partial charge < -0.3 is 4.74 Å². The number of fused-ring (bicyclic) bond motifs is 1. The number of ether oxygens (including phenoxy) is 1. The first-order valence-electron chi connectivity index (χ1n) is 4.35. The van der Waals surface area contributed by atoms with Gasteiger partial charge in [0.2, 0.25) is 0 Å². The number of allylic oxidation sites excluding steroid dienone is 2. The Morgan fingerprint density at radius 2 is 2.55 bits per heavy atom. The summed E-state index contributed by atoms with van der Waals surface area (Å²) in [6, 6.07) is 0. The van der Waals surface area contributed by atoms with E-state index in [-0.39, 0.29) is 0 Å². The molecule has 0 bridgehead atoms. The Labute approximate surface area is 67.7 Å². The third kappa shape index (κ3) is 1.14. The summed E-state index contributed by atoms with van der Waals surface area (Å²) >= 11 is 0. The zero-order valence-corrected chi connectivity index (χ0v) is 6.92.